The van der Waals surface area contributed by atoms with E-state index in [0.29, 0.717) is 6.04 Å². The van der Waals surface area contributed by atoms with Gasteiger partial charge >= 0.3 is 0 Å². The van der Waals surface area contributed by atoms with Crippen molar-refractivity contribution in [3.8, 4) is 0 Å². The van der Waals surface area contributed by atoms with Crippen LogP contribution in [0.2, 0.25) is 0 Å². The summed E-state index contributed by atoms with van der Waals surface area (Å²) in [5.41, 5.74) is 7.21. The highest BCUT2D eigenvalue weighted by atomic mass is 15.1. The summed E-state index contributed by atoms with van der Waals surface area (Å²) in [6, 6.07) is 4.52. The summed E-state index contributed by atoms with van der Waals surface area (Å²) in [4.78, 5) is 6.42. The van der Waals surface area contributed by atoms with E-state index in [1.54, 1.807) is 0 Å². The Balaban J connectivity index is 2.04. The standard InChI is InChI=1S/C11H17N3/c12-10-2-1-8-14(9-5-10)11-3-6-13-7-4-11/h3-4,6-7,10H,1-2,5,8-9,12H2. The van der Waals surface area contributed by atoms with E-state index in [2.05, 4.69) is 22.0 Å². The minimum absolute atomic E-state index is 0.391. The number of hydrogen-bond acceptors (Lipinski definition) is 3. The second-order valence-corrected chi connectivity index (χ2v) is 3.88. The molecule has 14 heavy (non-hydrogen) atoms. The van der Waals surface area contributed by atoms with Crippen LogP contribution in [0.3, 0.4) is 0 Å². The van der Waals surface area contributed by atoms with E-state index in [9.17, 15) is 0 Å². The third kappa shape index (κ3) is 2.23. The maximum absolute atomic E-state index is 5.94. The van der Waals surface area contributed by atoms with Crippen molar-refractivity contribution in [2.75, 3.05) is 18.0 Å². The minimum Gasteiger partial charge on any atom is -0.371 e. The Kier molecular flexibility index (Phi) is 2.99. The fourth-order valence-electron chi connectivity index (χ4n) is 1.94. The number of pyridine rings is 1. The predicted molar refractivity (Wildman–Crippen MR) is 58.3 cm³/mol. The molecule has 0 bridgehead atoms. The molecule has 2 rings (SSSR count). The summed E-state index contributed by atoms with van der Waals surface area (Å²) in [6.45, 7) is 2.20. The van der Waals surface area contributed by atoms with Crippen molar-refractivity contribution < 1.29 is 0 Å². The Morgan fingerprint density at radius 1 is 1.21 bits per heavy atom. The van der Waals surface area contributed by atoms with Crippen molar-refractivity contribution in [2.45, 2.75) is 25.3 Å². The van der Waals surface area contributed by atoms with Gasteiger partial charge in [0.15, 0.2) is 0 Å². The topological polar surface area (TPSA) is 42.1 Å². The maximum atomic E-state index is 5.94. The largest absolute Gasteiger partial charge is 0.371 e. The summed E-state index contributed by atoms with van der Waals surface area (Å²) in [7, 11) is 0. The highest BCUT2D eigenvalue weighted by molar-refractivity contribution is 5.44. The van der Waals surface area contributed by atoms with Gasteiger partial charge in [-0.25, -0.2) is 0 Å². The lowest BCUT2D eigenvalue weighted by Gasteiger charge is -2.22. The SMILES string of the molecule is NC1CCCN(c2ccncc2)CC1. The fraction of sp³-hybridized carbons (Fsp3) is 0.545. The molecule has 1 aliphatic rings. The number of nitrogens with zero attached hydrogens (tertiary/aromatic N) is 2. The molecule has 1 unspecified atom stereocenters. The van der Waals surface area contributed by atoms with Crippen molar-refractivity contribution >= 4 is 5.69 Å². The number of hydrogen-bond donors (Lipinski definition) is 1. The van der Waals surface area contributed by atoms with Gasteiger partial charge in [-0.1, -0.05) is 0 Å². The van der Waals surface area contributed by atoms with Crippen LogP contribution in [0.4, 0.5) is 5.69 Å². The Morgan fingerprint density at radius 3 is 2.79 bits per heavy atom. The Hall–Kier alpha value is -1.09. The number of nitrogens with two attached hydrogens (primary N) is 1. The molecule has 0 aliphatic carbocycles. The Bertz CT molecular complexity index is 273. The van der Waals surface area contributed by atoms with Crippen molar-refractivity contribution in [1.82, 2.24) is 4.98 Å². The summed E-state index contributed by atoms with van der Waals surface area (Å²) in [5, 5.41) is 0. The van der Waals surface area contributed by atoms with E-state index in [-0.39, 0.29) is 0 Å². The molecule has 2 heterocycles. The Morgan fingerprint density at radius 2 is 2.00 bits per heavy atom. The highest BCUT2D eigenvalue weighted by Gasteiger charge is 2.13. The lowest BCUT2D eigenvalue weighted by molar-refractivity contribution is 0.601. The first kappa shape index (κ1) is 9.46. The molecule has 0 saturated carbocycles. The van der Waals surface area contributed by atoms with Gasteiger partial charge in [0.05, 0.1) is 0 Å². The molecule has 1 aromatic heterocycles. The number of anilines is 1. The molecular formula is C11H17N3. The van der Waals surface area contributed by atoms with Gasteiger partial charge in [0.25, 0.3) is 0 Å². The third-order valence-electron chi connectivity index (χ3n) is 2.80. The molecule has 2 N–H and O–H groups in total. The lowest BCUT2D eigenvalue weighted by atomic mass is 10.1. The van der Waals surface area contributed by atoms with Crippen LogP contribution in [0.1, 0.15) is 19.3 Å². The molecular weight excluding hydrogens is 174 g/mol. The van der Waals surface area contributed by atoms with Crippen LogP contribution in [0, 0.1) is 0 Å². The molecule has 1 aliphatic heterocycles. The van der Waals surface area contributed by atoms with Crippen LogP contribution in [0.15, 0.2) is 24.5 Å². The van der Waals surface area contributed by atoms with Gasteiger partial charge in [-0.2, -0.15) is 0 Å². The van der Waals surface area contributed by atoms with Gasteiger partial charge in [-0.15, -0.1) is 0 Å². The fourth-order valence-corrected chi connectivity index (χ4v) is 1.94. The van der Waals surface area contributed by atoms with Crippen molar-refractivity contribution in [2.24, 2.45) is 5.73 Å². The summed E-state index contributed by atoms with van der Waals surface area (Å²) < 4.78 is 0. The lowest BCUT2D eigenvalue weighted by Crippen LogP contribution is -2.26. The molecule has 76 valence electrons. The molecule has 1 aromatic rings. The van der Waals surface area contributed by atoms with Crippen molar-refractivity contribution in [3.63, 3.8) is 0 Å². The summed E-state index contributed by atoms with van der Waals surface area (Å²) in [5.74, 6) is 0. The monoisotopic (exact) mass is 191 g/mol. The Labute approximate surface area is 84.9 Å². The number of rotatable bonds is 1. The maximum Gasteiger partial charge on any atom is 0.0397 e. The molecule has 0 aromatic carbocycles. The van der Waals surface area contributed by atoms with E-state index in [1.807, 2.05) is 12.4 Å². The average molecular weight is 191 g/mol. The van der Waals surface area contributed by atoms with Gasteiger partial charge in [-0.3, -0.25) is 4.98 Å². The first-order valence-electron chi connectivity index (χ1n) is 5.27. The predicted octanol–water partition coefficient (Wildman–Crippen LogP) is 1.40. The first-order chi connectivity index (χ1) is 6.86. The normalized spacial score (nSPS) is 23.2. The van der Waals surface area contributed by atoms with Gasteiger partial charge in [0.2, 0.25) is 0 Å². The van der Waals surface area contributed by atoms with Gasteiger partial charge in [0, 0.05) is 37.2 Å². The second-order valence-electron chi connectivity index (χ2n) is 3.88. The number of aromatic nitrogens is 1. The minimum atomic E-state index is 0.391. The van der Waals surface area contributed by atoms with Crippen LogP contribution in [0.5, 0.6) is 0 Å². The van der Waals surface area contributed by atoms with Crippen LogP contribution in [-0.2, 0) is 0 Å². The second kappa shape index (κ2) is 4.42. The molecule has 0 amide bonds. The van der Waals surface area contributed by atoms with Gasteiger partial charge in [-0.05, 0) is 31.4 Å². The van der Waals surface area contributed by atoms with E-state index in [0.717, 1.165) is 25.9 Å². The molecule has 1 fully saturated rings. The summed E-state index contributed by atoms with van der Waals surface area (Å²) in [6.07, 6.45) is 7.15. The third-order valence-corrected chi connectivity index (χ3v) is 2.80. The molecule has 3 heteroatoms. The molecule has 0 spiro atoms. The van der Waals surface area contributed by atoms with Crippen LogP contribution >= 0.6 is 0 Å². The molecule has 1 saturated heterocycles. The van der Waals surface area contributed by atoms with Gasteiger partial charge < -0.3 is 10.6 Å². The molecule has 1 atom stereocenters. The van der Waals surface area contributed by atoms with E-state index in [1.165, 1.54) is 12.1 Å². The van der Waals surface area contributed by atoms with Crippen molar-refractivity contribution in [3.05, 3.63) is 24.5 Å². The van der Waals surface area contributed by atoms with Crippen LogP contribution in [0.25, 0.3) is 0 Å². The quantitative estimate of drug-likeness (QED) is 0.729. The van der Waals surface area contributed by atoms with E-state index < -0.39 is 0 Å². The first-order valence-corrected chi connectivity index (χ1v) is 5.27. The van der Waals surface area contributed by atoms with Crippen molar-refractivity contribution in [1.29, 1.82) is 0 Å². The zero-order valence-corrected chi connectivity index (χ0v) is 8.39. The van der Waals surface area contributed by atoms with Crippen LogP contribution < -0.4 is 10.6 Å². The highest BCUT2D eigenvalue weighted by Crippen LogP contribution is 2.17. The van der Waals surface area contributed by atoms with E-state index >= 15 is 0 Å². The molecule has 3 nitrogen and oxygen atoms in total. The average Bonchev–Trinajstić information content (AvgIpc) is 2.44. The zero-order chi connectivity index (χ0) is 9.80. The van der Waals surface area contributed by atoms with Crippen LogP contribution in [-0.4, -0.2) is 24.1 Å². The molecule has 0 radical (unpaired) electrons. The van der Waals surface area contributed by atoms with Gasteiger partial charge in [0.1, 0.15) is 0 Å². The summed E-state index contributed by atoms with van der Waals surface area (Å²) >= 11 is 0. The van der Waals surface area contributed by atoms with E-state index in [4.69, 9.17) is 5.73 Å². The zero-order valence-electron chi connectivity index (χ0n) is 8.39. The smallest absolute Gasteiger partial charge is 0.0397 e.